The van der Waals surface area contributed by atoms with Gasteiger partial charge in [-0.1, -0.05) is 18.2 Å². The van der Waals surface area contributed by atoms with Crippen LogP contribution in [-0.4, -0.2) is 59.1 Å². The molecule has 1 saturated heterocycles. The molecule has 1 aliphatic heterocycles. The topological polar surface area (TPSA) is 76.2 Å². The molecule has 0 amide bonds. The maximum atomic E-state index is 12.8. The van der Waals surface area contributed by atoms with E-state index in [4.69, 9.17) is 9.47 Å². The average Bonchev–Trinajstić information content (AvgIpc) is 2.73. The van der Waals surface area contributed by atoms with Crippen LogP contribution in [0.15, 0.2) is 53.4 Å². The van der Waals surface area contributed by atoms with Gasteiger partial charge in [0.2, 0.25) is 10.0 Å². The predicted octanol–water partition coefficient (Wildman–Crippen LogP) is 2.13. The number of hydrogen-bond donors (Lipinski definition) is 0. The van der Waals surface area contributed by atoms with Gasteiger partial charge in [-0.3, -0.25) is 0 Å². The number of nitrogens with zero attached hydrogens (tertiary/aromatic N) is 2. The van der Waals surface area contributed by atoms with E-state index in [1.807, 2.05) is 25.1 Å². The van der Waals surface area contributed by atoms with Crippen molar-refractivity contribution in [1.82, 2.24) is 4.31 Å². The zero-order valence-corrected chi connectivity index (χ0v) is 16.8. The number of anilines is 1. The first-order valence-corrected chi connectivity index (χ1v) is 10.4. The van der Waals surface area contributed by atoms with Crippen molar-refractivity contribution in [2.24, 2.45) is 0 Å². The van der Waals surface area contributed by atoms with E-state index in [0.29, 0.717) is 37.4 Å². The number of sulfonamides is 1. The molecule has 0 spiro atoms. The van der Waals surface area contributed by atoms with Crippen molar-refractivity contribution in [3.63, 3.8) is 0 Å². The third-order valence-electron chi connectivity index (χ3n) is 4.47. The summed E-state index contributed by atoms with van der Waals surface area (Å²) >= 11 is 0. The lowest BCUT2D eigenvalue weighted by atomic mass is 10.2. The summed E-state index contributed by atoms with van der Waals surface area (Å²) in [5.41, 5.74) is 1.96. The highest BCUT2D eigenvalue weighted by atomic mass is 32.2. The lowest BCUT2D eigenvalue weighted by Gasteiger charge is -2.26. The molecule has 28 heavy (non-hydrogen) atoms. The molecule has 0 radical (unpaired) electrons. The molecule has 1 aliphatic rings. The fourth-order valence-electron chi connectivity index (χ4n) is 2.88. The van der Waals surface area contributed by atoms with Crippen molar-refractivity contribution in [3.8, 4) is 0 Å². The van der Waals surface area contributed by atoms with Gasteiger partial charge in [0.25, 0.3) is 0 Å². The molecule has 2 aromatic rings. The molecular formula is C20H24N2O5S. The maximum absolute atomic E-state index is 12.8. The summed E-state index contributed by atoms with van der Waals surface area (Å²) in [5, 5.41) is 0. The first-order valence-electron chi connectivity index (χ1n) is 8.99. The molecule has 1 fully saturated rings. The van der Waals surface area contributed by atoms with Crippen LogP contribution in [0.4, 0.5) is 5.69 Å². The largest absolute Gasteiger partial charge is 0.457 e. The van der Waals surface area contributed by atoms with Crippen molar-refractivity contribution >= 4 is 21.7 Å². The van der Waals surface area contributed by atoms with E-state index in [-0.39, 0.29) is 11.5 Å². The standard InChI is InChI=1S/C20H24N2O5S/c1-21(2)18-7-4-6-17(14-18)20(23)27-15-16-5-3-8-19(13-16)28(24,25)22-9-11-26-12-10-22/h3-8,13-14H,9-12,15H2,1-2H3. The number of carbonyl (C=O) groups is 1. The van der Waals surface area contributed by atoms with Crippen molar-refractivity contribution in [1.29, 1.82) is 0 Å². The van der Waals surface area contributed by atoms with Gasteiger partial charge >= 0.3 is 5.97 Å². The first kappa shape index (κ1) is 20.3. The molecule has 2 aromatic carbocycles. The third-order valence-corrected chi connectivity index (χ3v) is 6.37. The third kappa shape index (κ3) is 4.70. The number of hydrogen-bond acceptors (Lipinski definition) is 6. The maximum Gasteiger partial charge on any atom is 0.338 e. The van der Waals surface area contributed by atoms with Gasteiger partial charge < -0.3 is 14.4 Å². The summed E-state index contributed by atoms with van der Waals surface area (Å²) in [5.74, 6) is -0.454. The Labute approximate surface area is 165 Å². The van der Waals surface area contributed by atoms with Gasteiger partial charge in [0, 0.05) is 32.9 Å². The molecule has 0 atom stereocenters. The lowest BCUT2D eigenvalue weighted by molar-refractivity contribution is 0.0472. The number of esters is 1. The van der Waals surface area contributed by atoms with E-state index in [2.05, 4.69) is 0 Å². The summed E-state index contributed by atoms with van der Waals surface area (Å²) in [6.07, 6.45) is 0. The lowest BCUT2D eigenvalue weighted by Crippen LogP contribution is -2.40. The molecule has 8 heteroatoms. The molecule has 0 unspecified atom stereocenters. The zero-order chi connectivity index (χ0) is 20.1. The Bertz CT molecular complexity index is 937. The van der Waals surface area contributed by atoms with Crippen LogP contribution in [0, 0.1) is 0 Å². The summed E-state index contributed by atoms with van der Waals surface area (Å²) in [6, 6.07) is 13.6. The molecule has 0 aliphatic carbocycles. The molecule has 0 bridgehead atoms. The molecule has 150 valence electrons. The Morgan fingerprint density at radius 1 is 1.11 bits per heavy atom. The Morgan fingerprint density at radius 2 is 1.82 bits per heavy atom. The van der Waals surface area contributed by atoms with E-state index in [0.717, 1.165) is 5.69 Å². The van der Waals surface area contributed by atoms with Crippen molar-refractivity contribution < 1.29 is 22.7 Å². The number of rotatable bonds is 6. The summed E-state index contributed by atoms with van der Waals surface area (Å²) in [7, 11) is 0.204. The van der Waals surface area contributed by atoms with E-state index in [9.17, 15) is 13.2 Å². The van der Waals surface area contributed by atoms with E-state index in [1.54, 1.807) is 42.5 Å². The Kier molecular flexibility index (Phi) is 6.33. The fraction of sp³-hybridized carbons (Fsp3) is 0.350. The highest BCUT2D eigenvalue weighted by Crippen LogP contribution is 2.19. The van der Waals surface area contributed by atoms with Crippen LogP contribution in [0.2, 0.25) is 0 Å². The van der Waals surface area contributed by atoms with Crippen LogP contribution < -0.4 is 4.90 Å². The van der Waals surface area contributed by atoms with Crippen LogP contribution in [0.3, 0.4) is 0 Å². The highest BCUT2D eigenvalue weighted by Gasteiger charge is 2.26. The van der Waals surface area contributed by atoms with Crippen LogP contribution in [0.5, 0.6) is 0 Å². The highest BCUT2D eigenvalue weighted by molar-refractivity contribution is 7.89. The van der Waals surface area contributed by atoms with Crippen LogP contribution in [0.25, 0.3) is 0 Å². The zero-order valence-electron chi connectivity index (χ0n) is 16.0. The van der Waals surface area contributed by atoms with Gasteiger partial charge in [0.05, 0.1) is 23.7 Å². The van der Waals surface area contributed by atoms with Gasteiger partial charge in [0.1, 0.15) is 6.61 Å². The molecule has 0 aromatic heterocycles. The predicted molar refractivity (Wildman–Crippen MR) is 106 cm³/mol. The van der Waals surface area contributed by atoms with Gasteiger partial charge in [-0.15, -0.1) is 0 Å². The Morgan fingerprint density at radius 3 is 2.54 bits per heavy atom. The second-order valence-electron chi connectivity index (χ2n) is 6.68. The Hall–Kier alpha value is -2.42. The van der Waals surface area contributed by atoms with E-state index in [1.165, 1.54) is 4.31 Å². The van der Waals surface area contributed by atoms with Crippen LogP contribution in [-0.2, 0) is 26.1 Å². The van der Waals surface area contributed by atoms with E-state index < -0.39 is 16.0 Å². The van der Waals surface area contributed by atoms with E-state index >= 15 is 0 Å². The fourth-order valence-corrected chi connectivity index (χ4v) is 4.35. The second kappa shape index (κ2) is 8.72. The van der Waals surface area contributed by atoms with Crippen molar-refractivity contribution in [2.75, 3.05) is 45.3 Å². The SMILES string of the molecule is CN(C)c1cccc(C(=O)OCc2cccc(S(=O)(=O)N3CCOCC3)c2)c1. The minimum Gasteiger partial charge on any atom is -0.457 e. The molecule has 1 heterocycles. The van der Waals surface area contributed by atoms with Crippen LogP contribution in [0.1, 0.15) is 15.9 Å². The summed E-state index contributed by atoms with van der Waals surface area (Å²) in [6.45, 7) is 1.45. The monoisotopic (exact) mass is 404 g/mol. The van der Waals surface area contributed by atoms with Crippen molar-refractivity contribution in [2.45, 2.75) is 11.5 Å². The van der Waals surface area contributed by atoms with Gasteiger partial charge in [0.15, 0.2) is 0 Å². The molecule has 0 saturated carbocycles. The average molecular weight is 404 g/mol. The quantitative estimate of drug-likeness (QED) is 0.687. The van der Waals surface area contributed by atoms with Crippen molar-refractivity contribution in [3.05, 3.63) is 59.7 Å². The Balaban J connectivity index is 1.69. The minimum absolute atomic E-state index is 0.00248. The second-order valence-corrected chi connectivity index (χ2v) is 8.62. The first-order chi connectivity index (χ1) is 13.4. The van der Waals surface area contributed by atoms with Gasteiger partial charge in [-0.2, -0.15) is 4.31 Å². The normalized spacial score (nSPS) is 15.2. The molecular weight excluding hydrogens is 380 g/mol. The number of morpholine rings is 1. The smallest absolute Gasteiger partial charge is 0.338 e. The number of ether oxygens (including phenoxy) is 2. The molecule has 3 rings (SSSR count). The number of benzene rings is 2. The molecule has 7 nitrogen and oxygen atoms in total. The van der Waals surface area contributed by atoms with Gasteiger partial charge in [-0.05, 0) is 35.9 Å². The summed E-state index contributed by atoms with van der Waals surface area (Å²) < 4.78 is 37.5. The summed E-state index contributed by atoms with van der Waals surface area (Å²) in [4.78, 5) is 14.4. The molecule has 0 N–H and O–H groups in total. The van der Waals surface area contributed by atoms with Crippen LogP contribution >= 0.6 is 0 Å². The van der Waals surface area contributed by atoms with Gasteiger partial charge in [-0.25, -0.2) is 13.2 Å². The minimum atomic E-state index is -3.58. The number of carbonyl (C=O) groups excluding carboxylic acids is 1.